The van der Waals surface area contributed by atoms with Crippen LogP contribution in [0.5, 0.6) is 0 Å². The van der Waals surface area contributed by atoms with Gasteiger partial charge in [-0.2, -0.15) is 0 Å². The van der Waals surface area contributed by atoms with Gasteiger partial charge in [0.15, 0.2) is 6.10 Å². The van der Waals surface area contributed by atoms with Crippen molar-refractivity contribution in [3.8, 4) is 0 Å². The summed E-state index contributed by atoms with van der Waals surface area (Å²) in [6.45, 7) is 0. The zero-order chi connectivity index (χ0) is 10.7. The molecule has 0 fully saturated rings. The van der Waals surface area contributed by atoms with Crippen LogP contribution in [0, 0.1) is 0 Å². The van der Waals surface area contributed by atoms with E-state index in [4.69, 9.17) is 22.4 Å². The summed E-state index contributed by atoms with van der Waals surface area (Å²) >= 11 is 5.55. The fourth-order valence-electron chi connectivity index (χ4n) is 0.906. The Balaban J connectivity index is 2.89. The van der Waals surface area contributed by atoms with Crippen LogP contribution in [-0.4, -0.2) is 27.2 Å². The quantitative estimate of drug-likeness (QED) is 0.600. The number of nitrogens with two attached hydrogens (primary N) is 1. The normalized spacial score (nSPS) is 14.8. The summed E-state index contributed by atoms with van der Waals surface area (Å²) in [7, 11) is 0. The smallest absolute Gasteiger partial charge is 0.249 e. The van der Waals surface area contributed by atoms with Gasteiger partial charge in [-0.1, -0.05) is 17.7 Å². The molecule has 14 heavy (non-hydrogen) atoms. The first-order valence-electron chi connectivity index (χ1n) is 3.80. The van der Waals surface area contributed by atoms with Gasteiger partial charge in [-0.05, 0) is 12.1 Å². The van der Waals surface area contributed by atoms with Crippen LogP contribution in [0.1, 0.15) is 11.8 Å². The molecule has 1 heterocycles. The minimum Gasteiger partial charge on any atom is -0.383 e. The van der Waals surface area contributed by atoms with Gasteiger partial charge in [0.05, 0.1) is 5.69 Å². The molecule has 1 aromatic rings. The van der Waals surface area contributed by atoms with Crippen LogP contribution >= 0.6 is 11.6 Å². The van der Waals surface area contributed by atoms with Gasteiger partial charge in [-0.15, -0.1) is 0 Å². The predicted molar refractivity (Wildman–Crippen MR) is 49.4 cm³/mol. The van der Waals surface area contributed by atoms with E-state index in [9.17, 15) is 9.90 Å². The maximum Gasteiger partial charge on any atom is 0.249 e. The van der Waals surface area contributed by atoms with Crippen LogP contribution in [0.4, 0.5) is 0 Å². The van der Waals surface area contributed by atoms with E-state index in [0.717, 1.165) is 0 Å². The van der Waals surface area contributed by atoms with Crippen LogP contribution in [-0.2, 0) is 4.79 Å². The number of rotatable bonds is 3. The zero-order valence-electron chi connectivity index (χ0n) is 7.09. The summed E-state index contributed by atoms with van der Waals surface area (Å²) in [4.78, 5) is 14.3. The lowest BCUT2D eigenvalue weighted by Crippen LogP contribution is -2.34. The van der Waals surface area contributed by atoms with E-state index in [1.165, 1.54) is 12.1 Å². The number of carbonyl (C=O) groups is 1. The summed E-state index contributed by atoms with van der Waals surface area (Å²) in [5, 5.41) is 18.7. The minimum absolute atomic E-state index is 0.101. The fraction of sp³-hybridized carbons (Fsp3) is 0.250. The molecule has 1 rings (SSSR count). The number of pyridine rings is 1. The first-order chi connectivity index (χ1) is 6.52. The average molecular weight is 217 g/mol. The van der Waals surface area contributed by atoms with E-state index >= 15 is 0 Å². The second kappa shape index (κ2) is 4.36. The Bertz CT molecular complexity index is 345. The highest BCUT2D eigenvalue weighted by Gasteiger charge is 2.24. The first-order valence-corrected chi connectivity index (χ1v) is 4.18. The van der Waals surface area contributed by atoms with Gasteiger partial charge in [-0.3, -0.25) is 4.79 Å². The number of aromatic nitrogens is 1. The van der Waals surface area contributed by atoms with E-state index in [0.29, 0.717) is 0 Å². The highest BCUT2D eigenvalue weighted by molar-refractivity contribution is 6.29. The highest BCUT2D eigenvalue weighted by Crippen LogP contribution is 2.16. The number of carbonyl (C=O) groups excluding carboxylic acids is 1. The number of hydrogen-bond donors (Lipinski definition) is 3. The molecule has 0 aliphatic heterocycles. The lowest BCUT2D eigenvalue weighted by molar-refractivity contribution is -0.132. The molecule has 0 bridgehead atoms. The van der Waals surface area contributed by atoms with Gasteiger partial charge in [-0.25, -0.2) is 4.98 Å². The van der Waals surface area contributed by atoms with Crippen LogP contribution < -0.4 is 5.73 Å². The largest absolute Gasteiger partial charge is 0.383 e. The fourth-order valence-corrected chi connectivity index (χ4v) is 1.08. The Morgan fingerprint density at radius 2 is 2.14 bits per heavy atom. The molecule has 5 nitrogen and oxygen atoms in total. The molecule has 0 saturated carbocycles. The molecule has 2 unspecified atom stereocenters. The van der Waals surface area contributed by atoms with Crippen molar-refractivity contribution in [3.05, 3.63) is 29.0 Å². The molecule has 0 aliphatic carbocycles. The summed E-state index contributed by atoms with van der Waals surface area (Å²) in [6.07, 6.45) is -3.13. The van der Waals surface area contributed by atoms with E-state index in [1.54, 1.807) is 6.07 Å². The van der Waals surface area contributed by atoms with Gasteiger partial charge in [0.25, 0.3) is 0 Å². The van der Waals surface area contributed by atoms with Crippen LogP contribution in [0.25, 0.3) is 0 Å². The van der Waals surface area contributed by atoms with E-state index in [-0.39, 0.29) is 10.8 Å². The summed E-state index contributed by atoms with van der Waals surface area (Å²) in [6, 6.07) is 4.48. The molecule has 0 radical (unpaired) electrons. The molecule has 0 aromatic carbocycles. The van der Waals surface area contributed by atoms with Crippen molar-refractivity contribution in [2.24, 2.45) is 5.73 Å². The third-order valence-electron chi connectivity index (χ3n) is 1.63. The average Bonchev–Trinajstić information content (AvgIpc) is 2.15. The number of halogens is 1. The lowest BCUT2D eigenvalue weighted by atomic mass is 10.1. The number of aliphatic hydroxyl groups is 2. The molecule has 0 saturated heterocycles. The SMILES string of the molecule is NC(=O)C(O)C(O)c1cccc(Cl)n1. The molecule has 1 aromatic heterocycles. The Hall–Kier alpha value is -1.17. The van der Waals surface area contributed by atoms with Crippen molar-refractivity contribution in [2.75, 3.05) is 0 Å². The van der Waals surface area contributed by atoms with Crippen molar-refractivity contribution in [1.82, 2.24) is 4.98 Å². The monoisotopic (exact) mass is 216 g/mol. The predicted octanol–water partition coefficient (Wildman–Crippen LogP) is -0.385. The van der Waals surface area contributed by atoms with Gasteiger partial charge in [0, 0.05) is 0 Å². The second-order valence-corrected chi connectivity index (χ2v) is 3.06. The summed E-state index contributed by atoms with van der Waals surface area (Å²) in [5.74, 6) is -1.01. The van der Waals surface area contributed by atoms with Crippen molar-refractivity contribution in [3.63, 3.8) is 0 Å². The summed E-state index contributed by atoms with van der Waals surface area (Å²) in [5.41, 5.74) is 4.90. The van der Waals surface area contributed by atoms with E-state index < -0.39 is 18.1 Å². The molecule has 76 valence electrons. The molecular weight excluding hydrogens is 208 g/mol. The van der Waals surface area contributed by atoms with E-state index in [2.05, 4.69) is 4.98 Å². The maximum atomic E-state index is 10.6. The Morgan fingerprint density at radius 1 is 1.50 bits per heavy atom. The van der Waals surface area contributed by atoms with Gasteiger partial charge < -0.3 is 15.9 Å². The number of aliphatic hydroxyl groups excluding tert-OH is 2. The molecule has 0 aliphatic rings. The third-order valence-corrected chi connectivity index (χ3v) is 1.84. The Kier molecular flexibility index (Phi) is 3.40. The minimum atomic E-state index is -1.68. The van der Waals surface area contributed by atoms with E-state index in [1.807, 2.05) is 0 Å². The standard InChI is InChI=1S/C8H9ClN2O3/c9-5-3-1-2-4(11-5)6(12)7(13)8(10)14/h1-3,6-7,12-13H,(H2,10,14). The lowest BCUT2D eigenvalue weighted by Gasteiger charge is -2.13. The zero-order valence-corrected chi connectivity index (χ0v) is 7.85. The first kappa shape index (κ1) is 10.9. The van der Waals surface area contributed by atoms with Gasteiger partial charge in [0.1, 0.15) is 11.3 Å². The van der Waals surface area contributed by atoms with Crippen LogP contribution in [0.2, 0.25) is 5.15 Å². The maximum absolute atomic E-state index is 10.6. The Morgan fingerprint density at radius 3 is 2.64 bits per heavy atom. The summed E-state index contributed by atoms with van der Waals surface area (Å²) < 4.78 is 0. The van der Waals surface area contributed by atoms with Crippen molar-refractivity contribution in [1.29, 1.82) is 0 Å². The van der Waals surface area contributed by atoms with Gasteiger partial charge in [0.2, 0.25) is 5.91 Å². The molecular formula is C8H9ClN2O3. The van der Waals surface area contributed by atoms with Crippen molar-refractivity contribution < 1.29 is 15.0 Å². The third kappa shape index (κ3) is 2.41. The highest BCUT2D eigenvalue weighted by atomic mass is 35.5. The number of hydrogen-bond acceptors (Lipinski definition) is 4. The number of amides is 1. The molecule has 4 N–H and O–H groups in total. The van der Waals surface area contributed by atoms with Crippen LogP contribution in [0.15, 0.2) is 18.2 Å². The molecule has 0 spiro atoms. The number of primary amides is 1. The second-order valence-electron chi connectivity index (χ2n) is 2.68. The molecule has 6 heteroatoms. The van der Waals surface area contributed by atoms with Crippen molar-refractivity contribution in [2.45, 2.75) is 12.2 Å². The van der Waals surface area contributed by atoms with Gasteiger partial charge >= 0.3 is 0 Å². The molecule has 1 amide bonds. The Labute approximate surface area is 85.1 Å². The van der Waals surface area contributed by atoms with Crippen molar-refractivity contribution >= 4 is 17.5 Å². The molecule has 2 atom stereocenters. The topological polar surface area (TPSA) is 96.4 Å². The number of nitrogens with zero attached hydrogens (tertiary/aromatic N) is 1. The van der Waals surface area contributed by atoms with Crippen LogP contribution in [0.3, 0.4) is 0 Å².